The van der Waals surface area contributed by atoms with Gasteiger partial charge in [0, 0.05) is 5.75 Å². The fraction of sp³-hybridized carbons (Fsp3) is 0.500. The van der Waals surface area contributed by atoms with E-state index >= 15 is 0 Å². The lowest BCUT2D eigenvalue weighted by atomic mass is 10.3. The van der Waals surface area contributed by atoms with Gasteiger partial charge in [0.1, 0.15) is 5.76 Å². The second-order valence-electron chi connectivity index (χ2n) is 3.32. The molecule has 0 fully saturated rings. The summed E-state index contributed by atoms with van der Waals surface area (Å²) >= 11 is 1.39. The van der Waals surface area contributed by atoms with Crippen molar-refractivity contribution in [1.29, 1.82) is 0 Å². The van der Waals surface area contributed by atoms with Gasteiger partial charge in [-0.15, -0.1) is 11.8 Å². The lowest BCUT2D eigenvalue weighted by molar-refractivity contribution is 0.0660. The highest BCUT2D eigenvalue weighted by molar-refractivity contribution is 7.99. The van der Waals surface area contributed by atoms with Crippen molar-refractivity contribution < 1.29 is 24.5 Å². The zero-order valence-corrected chi connectivity index (χ0v) is 9.61. The number of carbonyl (C=O) groups is 1. The van der Waals surface area contributed by atoms with Crippen molar-refractivity contribution in [3.8, 4) is 0 Å². The molecule has 0 saturated heterocycles. The van der Waals surface area contributed by atoms with Gasteiger partial charge < -0.3 is 19.7 Å². The van der Waals surface area contributed by atoms with E-state index in [0.717, 1.165) is 0 Å². The topological polar surface area (TPSA) is 90.9 Å². The SMILES string of the molecule is CC(SCC(O)CO)c1ccc(C(=O)O)o1. The minimum atomic E-state index is -1.10. The Morgan fingerprint density at radius 2 is 2.25 bits per heavy atom. The molecule has 0 aliphatic carbocycles. The summed E-state index contributed by atoms with van der Waals surface area (Å²) in [4.78, 5) is 10.6. The first kappa shape index (κ1) is 13.1. The first-order valence-electron chi connectivity index (χ1n) is 4.78. The largest absolute Gasteiger partial charge is 0.475 e. The van der Waals surface area contributed by atoms with E-state index in [9.17, 15) is 4.79 Å². The van der Waals surface area contributed by atoms with Crippen LogP contribution in [0.15, 0.2) is 16.5 Å². The van der Waals surface area contributed by atoms with Crippen molar-refractivity contribution >= 4 is 17.7 Å². The molecule has 0 saturated carbocycles. The number of thioether (sulfide) groups is 1. The van der Waals surface area contributed by atoms with Crippen molar-refractivity contribution in [2.45, 2.75) is 18.3 Å². The van der Waals surface area contributed by atoms with Crippen molar-refractivity contribution in [1.82, 2.24) is 0 Å². The summed E-state index contributed by atoms with van der Waals surface area (Å²) in [6.45, 7) is 1.57. The van der Waals surface area contributed by atoms with Gasteiger partial charge in [-0.2, -0.15) is 0 Å². The van der Waals surface area contributed by atoms with E-state index in [-0.39, 0.29) is 17.6 Å². The van der Waals surface area contributed by atoms with Crippen LogP contribution in [0.5, 0.6) is 0 Å². The zero-order chi connectivity index (χ0) is 12.1. The number of hydrogen-bond acceptors (Lipinski definition) is 5. The summed E-state index contributed by atoms with van der Waals surface area (Å²) in [6.07, 6.45) is -0.763. The third kappa shape index (κ3) is 3.55. The van der Waals surface area contributed by atoms with Crippen LogP contribution in [-0.4, -0.2) is 39.8 Å². The number of furan rings is 1. The van der Waals surface area contributed by atoms with Crippen LogP contribution in [0.4, 0.5) is 0 Å². The first-order chi connectivity index (χ1) is 7.54. The third-order valence-electron chi connectivity index (χ3n) is 1.99. The first-order valence-corrected chi connectivity index (χ1v) is 5.83. The van der Waals surface area contributed by atoms with Gasteiger partial charge in [0.25, 0.3) is 0 Å². The van der Waals surface area contributed by atoms with Gasteiger partial charge >= 0.3 is 5.97 Å². The molecule has 0 amide bonds. The van der Waals surface area contributed by atoms with E-state index in [1.54, 1.807) is 6.07 Å². The van der Waals surface area contributed by atoms with Crippen LogP contribution in [0, 0.1) is 0 Å². The highest BCUT2D eigenvalue weighted by atomic mass is 32.2. The van der Waals surface area contributed by atoms with Crippen LogP contribution in [0.1, 0.15) is 28.5 Å². The van der Waals surface area contributed by atoms with E-state index in [1.165, 1.54) is 17.8 Å². The van der Waals surface area contributed by atoms with Crippen molar-refractivity contribution in [3.05, 3.63) is 23.7 Å². The molecule has 0 bridgehead atoms. The Hall–Kier alpha value is -0.980. The summed E-state index contributed by atoms with van der Waals surface area (Å²) < 4.78 is 5.11. The normalized spacial score (nSPS) is 14.7. The highest BCUT2D eigenvalue weighted by Gasteiger charge is 2.15. The molecule has 2 unspecified atom stereocenters. The van der Waals surface area contributed by atoms with Gasteiger partial charge in [-0.05, 0) is 19.1 Å². The van der Waals surface area contributed by atoms with E-state index in [1.807, 2.05) is 6.92 Å². The number of rotatable bonds is 6. The summed E-state index contributed by atoms with van der Waals surface area (Å²) in [5, 5.41) is 26.4. The Kier molecular flexibility index (Phi) is 4.85. The maximum atomic E-state index is 10.6. The predicted molar refractivity (Wildman–Crippen MR) is 59.6 cm³/mol. The second-order valence-corrected chi connectivity index (χ2v) is 4.69. The molecule has 2 atom stereocenters. The predicted octanol–water partition coefficient (Wildman–Crippen LogP) is 1.13. The Bertz CT molecular complexity index is 349. The Morgan fingerprint density at radius 1 is 1.56 bits per heavy atom. The molecule has 0 aliphatic heterocycles. The Morgan fingerprint density at radius 3 is 2.75 bits per heavy atom. The average Bonchev–Trinajstić information content (AvgIpc) is 2.74. The van der Waals surface area contributed by atoms with Gasteiger partial charge in [0.2, 0.25) is 5.76 Å². The number of hydrogen-bond donors (Lipinski definition) is 3. The van der Waals surface area contributed by atoms with E-state index in [4.69, 9.17) is 19.7 Å². The monoisotopic (exact) mass is 246 g/mol. The molecule has 1 aromatic rings. The fourth-order valence-electron chi connectivity index (χ4n) is 1.08. The number of carboxylic acid groups (broad SMARTS) is 1. The molecular weight excluding hydrogens is 232 g/mol. The number of carboxylic acids is 1. The van der Waals surface area contributed by atoms with Gasteiger partial charge in [0.05, 0.1) is 18.0 Å². The minimum Gasteiger partial charge on any atom is -0.475 e. The second kappa shape index (κ2) is 5.93. The molecule has 1 heterocycles. The highest BCUT2D eigenvalue weighted by Crippen LogP contribution is 2.29. The maximum Gasteiger partial charge on any atom is 0.371 e. The lowest BCUT2D eigenvalue weighted by Crippen LogP contribution is -2.15. The van der Waals surface area contributed by atoms with E-state index < -0.39 is 12.1 Å². The molecule has 0 aromatic carbocycles. The van der Waals surface area contributed by atoms with Crippen LogP contribution in [-0.2, 0) is 0 Å². The zero-order valence-electron chi connectivity index (χ0n) is 8.79. The number of aliphatic hydroxyl groups excluding tert-OH is 2. The molecule has 6 heteroatoms. The summed E-state index contributed by atoms with van der Waals surface area (Å²) in [6, 6.07) is 3.00. The number of aromatic carboxylic acids is 1. The molecule has 5 nitrogen and oxygen atoms in total. The molecule has 0 aliphatic rings. The molecular formula is C10H14O5S. The Labute approximate surface area is 97.1 Å². The fourth-order valence-corrected chi connectivity index (χ4v) is 1.98. The van der Waals surface area contributed by atoms with Gasteiger partial charge in [0.15, 0.2) is 0 Å². The van der Waals surface area contributed by atoms with Crippen LogP contribution in [0.25, 0.3) is 0 Å². The third-order valence-corrected chi connectivity index (χ3v) is 3.30. The molecule has 90 valence electrons. The molecule has 1 aromatic heterocycles. The van der Waals surface area contributed by atoms with Crippen LogP contribution < -0.4 is 0 Å². The van der Waals surface area contributed by atoms with E-state index in [0.29, 0.717) is 11.5 Å². The summed E-state index contributed by atoms with van der Waals surface area (Å²) in [5.74, 6) is -0.266. The van der Waals surface area contributed by atoms with Crippen molar-refractivity contribution in [2.75, 3.05) is 12.4 Å². The molecule has 0 radical (unpaired) electrons. The van der Waals surface area contributed by atoms with Crippen LogP contribution in [0.3, 0.4) is 0 Å². The summed E-state index contributed by atoms with van der Waals surface area (Å²) in [7, 11) is 0. The summed E-state index contributed by atoms with van der Waals surface area (Å²) in [5.41, 5.74) is 0. The standard InChI is InChI=1S/C10H14O5S/c1-6(16-5-7(12)4-11)8-2-3-9(15-8)10(13)14/h2-3,6-7,11-12H,4-5H2,1H3,(H,13,14). The molecule has 0 spiro atoms. The minimum absolute atomic E-state index is 0.0608. The maximum absolute atomic E-state index is 10.6. The van der Waals surface area contributed by atoms with E-state index in [2.05, 4.69) is 0 Å². The van der Waals surface area contributed by atoms with Crippen molar-refractivity contribution in [2.24, 2.45) is 0 Å². The molecule has 1 rings (SSSR count). The van der Waals surface area contributed by atoms with Crippen LogP contribution in [0.2, 0.25) is 0 Å². The average molecular weight is 246 g/mol. The molecule has 16 heavy (non-hydrogen) atoms. The van der Waals surface area contributed by atoms with Gasteiger partial charge in [-0.25, -0.2) is 4.79 Å². The number of aliphatic hydroxyl groups is 2. The van der Waals surface area contributed by atoms with Crippen LogP contribution >= 0.6 is 11.8 Å². The smallest absolute Gasteiger partial charge is 0.371 e. The lowest BCUT2D eigenvalue weighted by Gasteiger charge is -2.10. The molecule has 3 N–H and O–H groups in total. The van der Waals surface area contributed by atoms with Gasteiger partial charge in [-0.1, -0.05) is 0 Å². The van der Waals surface area contributed by atoms with Crippen molar-refractivity contribution in [3.63, 3.8) is 0 Å². The van der Waals surface area contributed by atoms with Gasteiger partial charge in [-0.3, -0.25) is 0 Å². The Balaban J connectivity index is 2.52. The quantitative estimate of drug-likeness (QED) is 0.697.